The number of aromatic hydroxyl groups is 1. The average molecular weight is 504 g/mol. The monoisotopic (exact) mass is 503 g/mol. The van der Waals surface area contributed by atoms with Gasteiger partial charge in [0.25, 0.3) is 5.91 Å². The van der Waals surface area contributed by atoms with E-state index < -0.39 is 0 Å². The number of piperazine rings is 1. The first-order valence-corrected chi connectivity index (χ1v) is 13.2. The van der Waals surface area contributed by atoms with Gasteiger partial charge < -0.3 is 10.0 Å². The maximum atomic E-state index is 14.4. The van der Waals surface area contributed by atoms with Gasteiger partial charge in [-0.15, -0.1) is 0 Å². The molecule has 0 unspecified atom stereocenters. The topological polar surface area (TPSA) is 47.0 Å². The SMILES string of the molecule is CCN(CC)C(=O)c1ccccc1[C@@H](c1cccc(O)c1)N1C[C@@H](C)N(Cc2ccccc2F)C[C@@H]1C. The second-order valence-electron chi connectivity index (χ2n) is 9.98. The van der Waals surface area contributed by atoms with E-state index in [2.05, 4.69) is 23.6 Å². The summed E-state index contributed by atoms with van der Waals surface area (Å²) in [5.41, 5.74) is 3.27. The van der Waals surface area contributed by atoms with Gasteiger partial charge in [-0.05, 0) is 63.1 Å². The number of amides is 1. The molecular weight excluding hydrogens is 465 g/mol. The average Bonchev–Trinajstić information content (AvgIpc) is 2.89. The van der Waals surface area contributed by atoms with Crippen LogP contribution in [-0.4, -0.2) is 64.0 Å². The molecule has 6 heteroatoms. The number of halogens is 1. The Labute approximate surface area is 220 Å². The summed E-state index contributed by atoms with van der Waals surface area (Å²) in [5, 5.41) is 10.4. The van der Waals surface area contributed by atoms with Crippen LogP contribution in [0.4, 0.5) is 4.39 Å². The summed E-state index contributed by atoms with van der Waals surface area (Å²) in [6.45, 7) is 11.7. The Bertz CT molecular complexity index is 1210. The van der Waals surface area contributed by atoms with Crippen molar-refractivity contribution in [3.05, 3.63) is 101 Å². The van der Waals surface area contributed by atoms with Gasteiger partial charge in [0, 0.05) is 55.9 Å². The van der Waals surface area contributed by atoms with Gasteiger partial charge >= 0.3 is 0 Å². The molecule has 1 aliphatic rings. The predicted octanol–water partition coefficient (Wildman–Crippen LogP) is 5.70. The van der Waals surface area contributed by atoms with Crippen molar-refractivity contribution in [2.45, 2.75) is 52.4 Å². The molecule has 3 atom stereocenters. The van der Waals surface area contributed by atoms with Crippen LogP contribution in [0.25, 0.3) is 0 Å². The number of hydrogen-bond acceptors (Lipinski definition) is 4. The highest BCUT2D eigenvalue weighted by molar-refractivity contribution is 5.96. The maximum absolute atomic E-state index is 14.4. The van der Waals surface area contributed by atoms with E-state index in [0.29, 0.717) is 30.8 Å². The van der Waals surface area contributed by atoms with E-state index in [1.165, 1.54) is 6.07 Å². The molecule has 1 fully saturated rings. The van der Waals surface area contributed by atoms with Crippen molar-refractivity contribution in [1.29, 1.82) is 0 Å². The van der Waals surface area contributed by atoms with Crippen molar-refractivity contribution in [3.63, 3.8) is 0 Å². The number of phenolic OH excluding ortho intramolecular Hbond substituents is 1. The molecule has 0 saturated carbocycles. The fraction of sp³-hybridized carbons (Fsp3) is 0.387. The zero-order chi connectivity index (χ0) is 26.5. The van der Waals surface area contributed by atoms with Gasteiger partial charge in [-0.2, -0.15) is 0 Å². The summed E-state index contributed by atoms with van der Waals surface area (Å²) < 4.78 is 14.4. The van der Waals surface area contributed by atoms with Gasteiger partial charge in [-0.3, -0.25) is 14.6 Å². The van der Waals surface area contributed by atoms with E-state index >= 15 is 0 Å². The van der Waals surface area contributed by atoms with Gasteiger partial charge in [0.1, 0.15) is 11.6 Å². The molecule has 3 aromatic carbocycles. The molecule has 0 bridgehead atoms. The molecule has 0 aromatic heterocycles. The third kappa shape index (κ3) is 5.86. The van der Waals surface area contributed by atoms with Crippen LogP contribution in [0.2, 0.25) is 0 Å². The maximum Gasteiger partial charge on any atom is 0.254 e. The predicted molar refractivity (Wildman–Crippen MR) is 146 cm³/mol. The Balaban J connectivity index is 1.71. The molecule has 1 aliphatic heterocycles. The number of hydrogen-bond donors (Lipinski definition) is 1. The summed E-state index contributed by atoms with van der Waals surface area (Å²) in [6, 6.07) is 22.2. The zero-order valence-corrected chi connectivity index (χ0v) is 22.3. The third-order valence-corrected chi connectivity index (χ3v) is 7.55. The van der Waals surface area contributed by atoms with Crippen molar-refractivity contribution in [3.8, 4) is 5.75 Å². The number of nitrogens with zero attached hydrogens (tertiary/aromatic N) is 3. The van der Waals surface area contributed by atoms with E-state index in [0.717, 1.165) is 24.2 Å². The summed E-state index contributed by atoms with van der Waals surface area (Å²) in [4.78, 5) is 20.2. The van der Waals surface area contributed by atoms with Crippen LogP contribution >= 0.6 is 0 Å². The fourth-order valence-electron chi connectivity index (χ4n) is 5.51. The van der Waals surface area contributed by atoms with Crippen LogP contribution in [0, 0.1) is 5.82 Å². The second-order valence-corrected chi connectivity index (χ2v) is 9.98. The first-order valence-electron chi connectivity index (χ1n) is 13.2. The van der Waals surface area contributed by atoms with E-state index in [4.69, 9.17) is 0 Å². The van der Waals surface area contributed by atoms with Gasteiger partial charge in [0.2, 0.25) is 0 Å². The number of benzene rings is 3. The Kier molecular flexibility index (Phi) is 8.62. The molecule has 0 radical (unpaired) electrons. The van der Waals surface area contributed by atoms with Crippen LogP contribution in [0.1, 0.15) is 60.8 Å². The molecule has 0 spiro atoms. The minimum Gasteiger partial charge on any atom is -0.508 e. The van der Waals surface area contributed by atoms with Crippen molar-refractivity contribution in [2.24, 2.45) is 0 Å². The molecule has 1 amide bonds. The van der Waals surface area contributed by atoms with E-state index in [-0.39, 0.29) is 35.6 Å². The fourth-order valence-corrected chi connectivity index (χ4v) is 5.51. The lowest BCUT2D eigenvalue weighted by molar-refractivity contribution is 0.0187. The number of carbonyl (C=O) groups excluding carboxylic acids is 1. The quantitative estimate of drug-likeness (QED) is 0.429. The summed E-state index contributed by atoms with van der Waals surface area (Å²) in [5.74, 6) is 0.0462. The Morgan fingerprint density at radius 3 is 2.38 bits per heavy atom. The second kappa shape index (κ2) is 11.9. The van der Waals surface area contributed by atoms with E-state index in [9.17, 15) is 14.3 Å². The first kappa shape index (κ1) is 26.8. The molecule has 4 rings (SSSR count). The zero-order valence-electron chi connectivity index (χ0n) is 22.3. The highest BCUT2D eigenvalue weighted by Crippen LogP contribution is 2.36. The minimum atomic E-state index is -0.212. The normalized spacial score (nSPS) is 19.5. The van der Waals surface area contributed by atoms with Crippen LogP contribution in [0.5, 0.6) is 5.75 Å². The number of carbonyl (C=O) groups is 1. The highest BCUT2D eigenvalue weighted by Gasteiger charge is 2.36. The standard InChI is InChI=1S/C31H38FN3O2/c1-5-33(6-2)31(37)28-16-9-8-15-27(28)30(24-13-11-14-26(36)18-24)35-20-22(3)34(19-23(35)4)21-25-12-7-10-17-29(25)32/h7-18,22-23,30,36H,5-6,19-21H2,1-4H3/t22-,23+,30-/m1/s1. The Hall–Kier alpha value is -3.22. The van der Waals surface area contributed by atoms with Gasteiger partial charge in [0.15, 0.2) is 0 Å². The van der Waals surface area contributed by atoms with Crippen LogP contribution in [0.15, 0.2) is 72.8 Å². The van der Waals surface area contributed by atoms with Crippen molar-refractivity contribution in [1.82, 2.24) is 14.7 Å². The van der Waals surface area contributed by atoms with Gasteiger partial charge in [-0.1, -0.05) is 48.5 Å². The third-order valence-electron chi connectivity index (χ3n) is 7.55. The lowest BCUT2D eigenvalue weighted by atomic mass is 9.90. The van der Waals surface area contributed by atoms with Crippen molar-refractivity contribution in [2.75, 3.05) is 26.2 Å². The highest BCUT2D eigenvalue weighted by atomic mass is 19.1. The van der Waals surface area contributed by atoms with Gasteiger partial charge in [-0.25, -0.2) is 4.39 Å². The van der Waals surface area contributed by atoms with E-state index in [1.807, 2.05) is 67.3 Å². The molecule has 37 heavy (non-hydrogen) atoms. The first-order chi connectivity index (χ1) is 17.8. The molecule has 1 saturated heterocycles. The molecule has 1 N–H and O–H groups in total. The lowest BCUT2D eigenvalue weighted by Crippen LogP contribution is -2.57. The largest absolute Gasteiger partial charge is 0.508 e. The molecule has 0 aliphatic carbocycles. The smallest absolute Gasteiger partial charge is 0.254 e. The molecule has 5 nitrogen and oxygen atoms in total. The van der Waals surface area contributed by atoms with Crippen molar-refractivity contribution < 1.29 is 14.3 Å². The van der Waals surface area contributed by atoms with Crippen LogP contribution in [-0.2, 0) is 6.54 Å². The molecule has 196 valence electrons. The van der Waals surface area contributed by atoms with Crippen LogP contribution < -0.4 is 0 Å². The van der Waals surface area contributed by atoms with Crippen molar-refractivity contribution >= 4 is 5.91 Å². The summed E-state index contributed by atoms with van der Waals surface area (Å²) in [7, 11) is 0. The molecule has 1 heterocycles. The lowest BCUT2D eigenvalue weighted by Gasteiger charge is -2.48. The van der Waals surface area contributed by atoms with Crippen LogP contribution in [0.3, 0.4) is 0 Å². The van der Waals surface area contributed by atoms with Gasteiger partial charge in [0.05, 0.1) is 6.04 Å². The minimum absolute atomic E-state index is 0.0182. The molecular formula is C31H38FN3O2. The summed E-state index contributed by atoms with van der Waals surface area (Å²) in [6.07, 6.45) is 0. The molecule has 3 aromatic rings. The Morgan fingerprint density at radius 1 is 0.973 bits per heavy atom. The Morgan fingerprint density at radius 2 is 1.68 bits per heavy atom. The number of rotatable bonds is 8. The number of phenols is 1. The van der Waals surface area contributed by atoms with E-state index in [1.54, 1.807) is 18.2 Å². The summed E-state index contributed by atoms with van der Waals surface area (Å²) >= 11 is 0.